The van der Waals surface area contributed by atoms with E-state index < -0.39 is 0 Å². The predicted octanol–water partition coefficient (Wildman–Crippen LogP) is 3.24. The van der Waals surface area contributed by atoms with Crippen molar-refractivity contribution in [1.82, 2.24) is 9.97 Å². The molecule has 3 aromatic rings. The lowest BCUT2D eigenvalue weighted by Crippen LogP contribution is -2.13. The first-order valence-corrected chi connectivity index (χ1v) is 7.12. The molecule has 0 amide bonds. The molecule has 2 aromatic heterocycles. The second-order valence-electron chi connectivity index (χ2n) is 4.60. The maximum Gasteiger partial charge on any atom is 0.0798 e. The third-order valence-corrected chi connectivity index (χ3v) is 4.36. The molecule has 0 saturated heterocycles. The summed E-state index contributed by atoms with van der Waals surface area (Å²) < 4.78 is 0. The number of fused-ring (bicyclic) bond motifs is 1. The largest absolute Gasteiger partial charge is 0.323 e. The molecule has 1 aromatic carbocycles. The van der Waals surface area contributed by atoms with Crippen molar-refractivity contribution in [2.45, 2.75) is 19.4 Å². The Kier molecular flexibility index (Phi) is 3.27. The molecule has 0 aliphatic heterocycles. The molecule has 19 heavy (non-hydrogen) atoms. The molecule has 1 unspecified atom stereocenters. The molecule has 0 bridgehead atoms. The van der Waals surface area contributed by atoms with E-state index in [-0.39, 0.29) is 6.04 Å². The topological polar surface area (TPSA) is 51.8 Å². The van der Waals surface area contributed by atoms with E-state index in [1.807, 2.05) is 36.8 Å². The van der Waals surface area contributed by atoms with Crippen LogP contribution in [0.15, 0.2) is 42.0 Å². The number of aryl methyl sites for hydroxylation is 1. The number of hydrogen-bond donors (Lipinski definition) is 1. The lowest BCUT2D eigenvalue weighted by atomic mass is 10.0. The Hall–Kier alpha value is -1.78. The van der Waals surface area contributed by atoms with Gasteiger partial charge in [-0.15, -0.1) is 11.3 Å². The molecular formula is C15H15N3S. The smallest absolute Gasteiger partial charge is 0.0798 e. The van der Waals surface area contributed by atoms with Crippen LogP contribution in [0.4, 0.5) is 0 Å². The second-order valence-corrected chi connectivity index (χ2v) is 5.49. The number of para-hydroxylation sites is 1. The number of nitrogens with zero attached hydrogens (tertiary/aromatic N) is 2. The Morgan fingerprint density at radius 1 is 1.21 bits per heavy atom. The van der Waals surface area contributed by atoms with Crippen LogP contribution in [0.1, 0.15) is 22.2 Å². The van der Waals surface area contributed by atoms with E-state index in [1.165, 1.54) is 15.8 Å². The number of thiazole rings is 1. The van der Waals surface area contributed by atoms with Gasteiger partial charge < -0.3 is 5.73 Å². The van der Waals surface area contributed by atoms with Crippen molar-refractivity contribution in [3.8, 4) is 0 Å². The molecule has 0 saturated carbocycles. The van der Waals surface area contributed by atoms with Crippen molar-refractivity contribution < 1.29 is 0 Å². The monoisotopic (exact) mass is 269 g/mol. The first-order chi connectivity index (χ1) is 9.25. The summed E-state index contributed by atoms with van der Waals surface area (Å²) in [6, 6.07) is 10.2. The van der Waals surface area contributed by atoms with E-state index in [9.17, 15) is 0 Å². The summed E-state index contributed by atoms with van der Waals surface area (Å²) in [5, 5.41) is 1.18. The summed E-state index contributed by atoms with van der Waals surface area (Å²) >= 11 is 1.63. The Balaban J connectivity index is 1.96. The van der Waals surface area contributed by atoms with Crippen molar-refractivity contribution in [3.05, 3.63) is 58.2 Å². The van der Waals surface area contributed by atoms with E-state index in [1.54, 1.807) is 11.3 Å². The number of benzene rings is 1. The number of hydrogen-bond acceptors (Lipinski definition) is 4. The SMILES string of the molecule is Cc1ncsc1C(N)Cc1ccnc2ccccc12. The van der Waals surface area contributed by atoms with E-state index in [4.69, 9.17) is 5.73 Å². The zero-order valence-electron chi connectivity index (χ0n) is 10.7. The lowest BCUT2D eigenvalue weighted by Gasteiger charge is -2.12. The van der Waals surface area contributed by atoms with Crippen LogP contribution in [0.2, 0.25) is 0 Å². The fraction of sp³-hybridized carbons (Fsp3) is 0.200. The minimum atomic E-state index is -0.00157. The Bertz CT molecular complexity index is 700. The highest BCUT2D eigenvalue weighted by Crippen LogP contribution is 2.25. The summed E-state index contributed by atoms with van der Waals surface area (Å²) in [5.74, 6) is 0. The summed E-state index contributed by atoms with van der Waals surface area (Å²) in [7, 11) is 0. The Labute approximate surface area is 116 Å². The fourth-order valence-electron chi connectivity index (χ4n) is 2.33. The van der Waals surface area contributed by atoms with Crippen LogP contribution in [0.3, 0.4) is 0 Å². The van der Waals surface area contributed by atoms with Gasteiger partial charge in [-0.25, -0.2) is 4.98 Å². The normalized spacial score (nSPS) is 12.7. The van der Waals surface area contributed by atoms with Crippen molar-refractivity contribution in [3.63, 3.8) is 0 Å². The van der Waals surface area contributed by atoms with Crippen LogP contribution in [0.5, 0.6) is 0 Å². The quantitative estimate of drug-likeness (QED) is 0.794. The van der Waals surface area contributed by atoms with E-state index >= 15 is 0 Å². The summed E-state index contributed by atoms with van der Waals surface area (Å²) in [5.41, 5.74) is 11.5. The van der Waals surface area contributed by atoms with Gasteiger partial charge in [-0.2, -0.15) is 0 Å². The standard InChI is InChI=1S/C15H15N3S/c1-10-15(19-9-18-10)13(16)8-11-6-7-17-14-5-3-2-4-12(11)14/h2-7,9,13H,8,16H2,1H3. The molecule has 4 heteroatoms. The van der Waals surface area contributed by atoms with Gasteiger partial charge in [-0.05, 0) is 31.0 Å². The van der Waals surface area contributed by atoms with Crippen molar-refractivity contribution in [2.75, 3.05) is 0 Å². The zero-order valence-corrected chi connectivity index (χ0v) is 11.5. The maximum atomic E-state index is 6.31. The average Bonchev–Trinajstić information content (AvgIpc) is 2.85. The highest BCUT2D eigenvalue weighted by Gasteiger charge is 2.13. The van der Waals surface area contributed by atoms with Gasteiger partial charge in [0.05, 0.1) is 16.7 Å². The fourth-order valence-corrected chi connectivity index (χ4v) is 3.14. The molecule has 0 spiro atoms. The molecule has 0 fully saturated rings. The molecule has 96 valence electrons. The minimum absolute atomic E-state index is 0.00157. The Morgan fingerprint density at radius 2 is 2.05 bits per heavy atom. The molecule has 1 atom stereocenters. The number of aromatic nitrogens is 2. The van der Waals surface area contributed by atoms with Crippen molar-refractivity contribution in [2.24, 2.45) is 5.73 Å². The summed E-state index contributed by atoms with van der Waals surface area (Å²) in [4.78, 5) is 9.81. The van der Waals surface area contributed by atoms with Gasteiger partial charge in [-0.1, -0.05) is 18.2 Å². The molecule has 0 aliphatic rings. The van der Waals surface area contributed by atoms with E-state index in [0.717, 1.165) is 17.6 Å². The van der Waals surface area contributed by atoms with Gasteiger partial charge in [-0.3, -0.25) is 4.98 Å². The molecule has 3 nitrogen and oxygen atoms in total. The second kappa shape index (κ2) is 5.07. The molecule has 0 aliphatic carbocycles. The minimum Gasteiger partial charge on any atom is -0.323 e. The first kappa shape index (κ1) is 12.3. The van der Waals surface area contributed by atoms with Crippen LogP contribution in [-0.2, 0) is 6.42 Å². The zero-order chi connectivity index (χ0) is 13.2. The van der Waals surface area contributed by atoms with Gasteiger partial charge >= 0.3 is 0 Å². The van der Waals surface area contributed by atoms with Crippen LogP contribution >= 0.6 is 11.3 Å². The predicted molar refractivity (Wildman–Crippen MR) is 79.2 cm³/mol. The lowest BCUT2D eigenvalue weighted by molar-refractivity contribution is 0.732. The van der Waals surface area contributed by atoms with Gasteiger partial charge in [0.25, 0.3) is 0 Å². The highest BCUT2D eigenvalue weighted by atomic mass is 32.1. The van der Waals surface area contributed by atoms with Crippen LogP contribution < -0.4 is 5.73 Å². The van der Waals surface area contributed by atoms with Crippen LogP contribution in [-0.4, -0.2) is 9.97 Å². The average molecular weight is 269 g/mol. The number of rotatable bonds is 3. The van der Waals surface area contributed by atoms with Crippen molar-refractivity contribution in [1.29, 1.82) is 0 Å². The van der Waals surface area contributed by atoms with Gasteiger partial charge in [0, 0.05) is 22.5 Å². The third kappa shape index (κ3) is 2.37. The first-order valence-electron chi connectivity index (χ1n) is 6.24. The maximum absolute atomic E-state index is 6.31. The van der Waals surface area contributed by atoms with Gasteiger partial charge in [0.2, 0.25) is 0 Å². The highest BCUT2D eigenvalue weighted by molar-refractivity contribution is 7.09. The van der Waals surface area contributed by atoms with Crippen LogP contribution in [0.25, 0.3) is 10.9 Å². The van der Waals surface area contributed by atoms with Gasteiger partial charge in [0.15, 0.2) is 0 Å². The summed E-state index contributed by atoms with van der Waals surface area (Å²) in [6.07, 6.45) is 2.66. The van der Waals surface area contributed by atoms with Gasteiger partial charge in [0.1, 0.15) is 0 Å². The van der Waals surface area contributed by atoms with Crippen molar-refractivity contribution >= 4 is 22.2 Å². The molecule has 2 N–H and O–H groups in total. The molecular weight excluding hydrogens is 254 g/mol. The third-order valence-electron chi connectivity index (χ3n) is 3.30. The molecule has 0 radical (unpaired) electrons. The summed E-state index contributed by atoms with van der Waals surface area (Å²) in [6.45, 7) is 2.01. The molecule has 2 heterocycles. The number of nitrogens with two attached hydrogens (primary N) is 1. The Morgan fingerprint density at radius 3 is 2.84 bits per heavy atom. The molecule has 3 rings (SSSR count). The number of pyridine rings is 1. The van der Waals surface area contributed by atoms with Crippen LogP contribution in [0, 0.1) is 6.92 Å². The van der Waals surface area contributed by atoms with E-state index in [0.29, 0.717) is 0 Å². The van der Waals surface area contributed by atoms with E-state index in [2.05, 4.69) is 22.1 Å².